The van der Waals surface area contributed by atoms with Gasteiger partial charge in [0.2, 0.25) is 5.95 Å². The number of halogens is 4. The van der Waals surface area contributed by atoms with Crippen LogP contribution in [0.3, 0.4) is 0 Å². The molecule has 10 heteroatoms. The Morgan fingerprint density at radius 2 is 1.96 bits per heavy atom. The first-order valence-corrected chi connectivity index (χ1v) is 9.08. The third kappa shape index (κ3) is 4.28. The van der Waals surface area contributed by atoms with Crippen molar-refractivity contribution < 1.29 is 18.0 Å². The van der Waals surface area contributed by atoms with Crippen LogP contribution in [0.4, 0.5) is 24.8 Å². The smallest absolute Gasteiger partial charge is 0.257 e. The number of nitrogens with zero attached hydrogens (tertiary/aromatic N) is 2. The van der Waals surface area contributed by atoms with Crippen molar-refractivity contribution in [2.45, 2.75) is 0 Å². The van der Waals surface area contributed by atoms with Crippen LogP contribution < -0.4 is 10.6 Å². The lowest BCUT2D eigenvalue weighted by atomic mass is 10.1. The lowest BCUT2D eigenvalue weighted by Gasteiger charge is -2.09. The molecule has 1 amide bonds. The van der Waals surface area contributed by atoms with Crippen molar-refractivity contribution in [3.8, 4) is 0 Å². The van der Waals surface area contributed by atoms with Gasteiger partial charge in [0, 0.05) is 18.8 Å². The molecule has 0 spiro atoms. The quantitative estimate of drug-likeness (QED) is 0.525. The summed E-state index contributed by atoms with van der Waals surface area (Å²) < 4.78 is 41.7. The summed E-state index contributed by atoms with van der Waals surface area (Å²) in [5.41, 5.74) is -0.0507. The van der Waals surface area contributed by atoms with E-state index in [0.29, 0.717) is 18.8 Å². The summed E-state index contributed by atoms with van der Waals surface area (Å²) in [6.07, 6.45) is 0. The van der Waals surface area contributed by atoms with Crippen LogP contribution in [0, 0.1) is 17.5 Å². The van der Waals surface area contributed by atoms with Crippen molar-refractivity contribution in [2.24, 2.45) is 0 Å². The Balaban J connectivity index is 1.92. The second kappa shape index (κ2) is 8.19. The third-order valence-electron chi connectivity index (χ3n) is 3.94. The minimum Gasteiger partial charge on any atom is -0.355 e. The zero-order valence-corrected chi connectivity index (χ0v) is 16.6. The van der Waals surface area contributed by atoms with Crippen molar-refractivity contribution in [1.29, 1.82) is 0 Å². The summed E-state index contributed by atoms with van der Waals surface area (Å²) in [7, 11) is 3.79. The summed E-state index contributed by atoms with van der Waals surface area (Å²) in [4.78, 5) is 21.4. The van der Waals surface area contributed by atoms with Crippen LogP contribution in [0.1, 0.15) is 10.4 Å². The van der Waals surface area contributed by atoms with Crippen LogP contribution in [0.2, 0.25) is 0 Å². The molecule has 0 bridgehead atoms. The van der Waals surface area contributed by atoms with Gasteiger partial charge in [0.05, 0.1) is 15.6 Å². The van der Waals surface area contributed by atoms with Gasteiger partial charge in [0.25, 0.3) is 5.91 Å². The molecule has 0 aliphatic carbocycles. The van der Waals surface area contributed by atoms with Crippen molar-refractivity contribution in [3.05, 3.63) is 51.8 Å². The number of anilines is 2. The first kappa shape index (κ1) is 20.2. The fourth-order valence-electron chi connectivity index (χ4n) is 2.54. The number of carbonyl (C=O) groups excluding carboxylic acids is 1. The van der Waals surface area contributed by atoms with E-state index in [1.54, 1.807) is 0 Å². The van der Waals surface area contributed by atoms with E-state index < -0.39 is 23.4 Å². The highest BCUT2D eigenvalue weighted by molar-refractivity contribution is 9.10. The number of hydrogen-bond acceptors (Lipinski definition) is 4. The number of rotatable bonds is 6. The van der Waals surface area contributed by atoms with E-state index >= 15 is 0 Å². The molecule has 6 nitrogen and oxygen atoms in total. The molecule has 1 heterocycles. The second-order valence-corrected chi connectivity index (χ2v) is 7.20. The first-order valence-electron chi connectivity index (χ1n) is 8.29. The van der Waals surface area contributed by atoms with Gasteiger partial charge >= 0.3 is 0 Å². The van der Waals surface area contributed by atoms with Gasteiger partial charge in [-0.2, -0.15) is 0 Å². The number of fused-ring (bicyclic) bond motifs is 1. The molecule has 0 saturated carbocycles. The van der Waals surface area contributed by atoms with Gasteiger partial charge in [-0.1, -0.05) is 0 Å². The average Bonchev–Trinajstić information content (AvgIpc) is 3.05. The Labute approximate surface area is 167 Å². The summed E-state index contributed by atoms with van der Waals surface area (Å²) in [6, 6.07) is 4.69. The maximum atomic E-state index is 14.2. The maximum absolute atomic E-state index is 14.2. The predicted octanol–water partition coefficient (Wildman–Crippen LogP) is 3.97. The molecule has 0 fully saturated rings. The molecule has 3 aromatic rings. The molecular formula is C18H17BrF3N5O. The highest BCUT2D eigenvalue weighted by atomic mass is 79.9. The van der Waals surface area contributed by atoms with E-state index in [9.17, 15) is 18.0 Å². The second-order valence-electron chi connectivity index (χ2n) is 6.34. The highest BCUT2D eigenvalue weighted by Crippen LogP contribution is 2.26. The molecule has 0 radical (unpaired) electrons. The number of hydrogen-bond donors (Lipinski definition) is 3. The number of amides is 1. The van der Waals surface area contributed by atoms with Crippen LogP contribution in [0.15, 0.2) is 28.7 Å². The summed E-state index contributed by atoms with van der Waals surface area (Å²) >= 11 is 3.03. The Bertz CT molecular complexity index is 1040. The van der Waals surface area contributed by atoms with E-state index in [-0.39, 0.29) is 27.0 Å². The molecule has 0 saturated heterocycles. The Morgan fingerprint density at radius 3 is 2.64 bits per heavy atom. The normalized spacial score (nSPS) is 11.2. The Kier molecular flexibility index (Phi) is 5.90. The van der Waals surface area contributed by atoms with Gasteiger partial charge in [0.15, 0.2) is 11.6 Å². The molecule has 3 rings (SSSR count). The zero-order valence-electron chi connectivity index (χ0n) is 15.0. The topological polar surface area (TPSA) is 73.1 Å². The third-order valence-corrected chi connectivity index (χ3v) is 4.54. The van der Waals surface area contributed by atoms with Crippen molar-refractivity contribution >= 4 is 44.5 Å². The average molecular weight is 456 g/mol. The fourth-order valence-corrected chi connectivity index (χ4v) is 2.91. The Hall–Kier alpha value is -2.59. The van der Waals surface area contributed by atoms with E-state index in [1.165, 1.54) is 18.2 Å². The van der Waals surface area contributed by atoms with Crippen molar-refractivity contribution in [3.63, 3.8) is 0 Å². The van der Waals surface area contributed by atoms with Gasteiger partial charge in [-0.15, -0.1) is 0 Å². The molecule has 0 atom stereocenters. The number of aromatic amines is 1. The van der Waals surface area contributed by atoms with Crippen LogP contribution in [-0.4, -0.2) is 48.0 Å². The predicted molar refractivity (Wildman–Crippen MR) is 105 cm³/mol. The van der Waals surface area contributed by atoms with E-state index in [2.05, 4.69) is 36.5 Å². The lowest BCUT2D eigenvalue weighted by Crippen LogP contribution is -2.21. The van der Waals surface area contributed by atoms with Crippen LogP contribution in [0.5, 0.6) is 0 Å². The van der Waals surface area contributed by atoms with Gasteiger partial charge < -0.3 is 20.5 Å². The lowest BCUT2D eigenvalue weighted by molar-refractivity contribution is 0.102. The van der Waals surface area contributed by atoms with Gasteiger partial charge in [-0.25, -0.2) is 18.2 Å². The molecule has 148 valence electrons. The molecular weight excluding hydrogens is 439 g/mol. The maximum Gasteiger partial charge on any atom is 0.257 e. The number of carbonyl (C=O) groups is 1. The van der Waals surface area contributed by atoms with Gasteiger partial charge in [0.1, 0.15) is 11.3 Å². The van der Waals surface area contributed by atoms with Gasteiger partial charge in [-0.05, 0) is 54.3 Å². The molecule has 1 aromatic heterocycles. The highest BCUT2D eigenvalue weighted by Gasteiger charge is 2.21. The number of nitrogens with one attached hydrogen (secondary N) is 3. The summed E-state index contributed by atoms with van der Waals surface area (Å²) in [5, 5.41) is 5.50. The van der Waals surface area contributed by atoms with Crippen molar-refractivity contribution in [2.75, 3.05) is 37.8 Å². The number of H-pyrrole nitrogens is 1. The molecule has 28 heavy (non-hydrogen) atoms. The van der Waals surface area contributed by atoms with Crippen molar-refractivity contribution in [1.82, 2.24) is 14.9 Å². The Morgan fingerprint density at radius 1 is 1.21 bits per heavy atom. The monoisotopic (exact) mass is 455 g/mol. The molecule has 0 aliphatic heterocycles. The number of likely N-dealkylation sites (N-methyl/N-ethyl adjacent to an activating group) is 1. The molecule has 2 aromatic carbocycles. The molecule has 0 unspecified atom stereocenters. The van der Waals surface area contributed by atoms with Crippen LogP contribution in [-0.2, 0) is 0 Å². The number of aromatic nitrogens is 2. The van der Waals surface area contributed by atoms with Crippen LogP contribution in [0.25, 0.3) is 11.0 Å². The summed E-state index contributed by atoms with van der Waals surface area (Å²) in [5.74, 6) is -3.29. The fraction of sp³-hybridized carbons (Fsp3) is 0.222. The van der Waals surface area contributed by atoms with E-state index in [0.717, 1.165) is 6.07 Å². The van der Waals surface area contributed by atoms with E-state index in [1.807, 2.05) is 19.0 Å². The summed E-state index contributed by atoms with van der Waals surface area (Å²) in [6.45, 7) is 1.21. The first-order chi connectivity index (χ1) is 13.3. The van der Waals surface area contributed by atoms with E-state index in [4.69, 9.17) is 0 Å². The number of benzene rings is 2. The number of imidazole rings is 1. The SMILES string of the molecule is CN(C)CCNc1nc2c(F)c(F)cc(C(=O)Nc3ccc(F)c(Br)c3)c2[nH]1. The molecule has 3 N–H and O–H groups in total. The zero-order chi connectivity index (χ0) is 20.4. The standard InChI is InChI=1S/C18H17BrF3N5O/c1-27(2)6-5-23-18-25-15-10(8-13(21)14(22)16(15)26-18)17(28)24-9-3-4-12(20)11(19)7-9/h3-4,7-8H,5-6H2,1-2H3,(H,24,28)(H2,23,25,26). The minimum atomic E-state index is -1.19. The minimum absolute atomic E-state index is 0.0601. The van der Waals surface area contributed by atoms with Gasteiger partial charge in [-0.3, -0.25) is 4.79 Å². The van der Waals surface area contributed by atoms with Crippen LogP contribution >= 0.6 is 15.9 Å². The molecule has 0 aliphatic rings. The largest absolute Gasteiger partial charge is 0.355 e.